The van der Waals surface area contributed by atoms with E-state index in [1.54, 1.807) is 6.07 Å². The van der Waals surface area contributed by atoms with E-state index in [2.05, 4.69) is 21.2 Å². The number of halogens is 1. The number of amides is 1. The molecule has 0 aliphatic rings. The SMILES string of the molecule is O=C(Cn1cc(Br)ccc1=O)Nc1ccc(C(=O)O)cc1. The van der Waals surface area contributed by atoms with Gasteiger partial charge in [-0.1, -0.05) is 0 Å². The van der Waals surface area contributed by atoms with Crippen LogP contribution in [0, 0.1) is 0 Å². The third kappa shape index (κ3) is 4.03. The van der Waals surface area contributed by atoms with Crippen LogP contribution in [0.1, 0.15) is 10.4 Å². The Balaban J connectivity index is 2.06. The first-order chi connectivity index (χ1) is 9.95. The molecule has 2 N–H and O–H groups in total. The van der Waals surface area contributed by atoms with Gasteiger partial charge in [0.25, 0.3) is 5.56 Å². The van der Waals surface area contributed by atoms with Gasteiger partial charge >= 0.3 is 5.97 Å². The molecule has 0 bridgehead atoms. The van der Waals surface area contributed by atoms with Crippen LogP contribution in [0.3, 0.4) is 0 Å². The van der Waals surface area contributed by atoms with Gasteiger partial charge in [-0.15, -0.1) is 0 Å². The Bertz CT molecular complexity index is 737. The number of pyridine rings is 1. The zero-order valence-electron chi connectivity index (χ0n) is 10.7. The highest BCUT2D eigenvalue weighted by Gasteiger charge is 2.07. The monoisotopic (exact) mass is 350 g/mol. The van der Waals surface area contributed by atoms with E-state index in [-0.39, 0.29) is 23.6 Å². The quantitative estimate of drug-likeness (QED) is 0.881. The molecule has 0 radical (unpaired) electrons. The average molecular weight is 351 g/mol. The number of carboxylic acid groups (broad SMARTS) is 1. The van der Waals surface area contributed by atoms with Crippen molar-refractivity contribution in [2.45, 2.75) is 6.54 Å². The van der Waals surface area contributed by atoms with Crippen molar-refractivity contribution in [3.8, 4) is 0 Å². The fourth-order valence-electron chi connectivity index (χ4n) is 1.68. The Morgan fingerprint density at radius 3 is 2.43 bits per heavy atom. The van der Waals surface area contributed by atoms with Crippen LogP contribution >= 0.6 is 15.9 Å². The van der Waals surface area contributed by atoms with Crippen LogP contribution in [-0.2, 0) is 11.3 Å². The first-order valence-corrected chi connectivity index (χ1v) is 6.74. The summed E-state index contributed by atoms with van der Waals surface area (Å²) < 4.78 is 1.96. The van der Waals surface area contributed by atoms with Crippen LogP contribution in [0.25, 0.3) is 0 Å². The van der Waals surface area contributed by atoms with Crippen molar-refractivity contribution in [2.24, 2.45) is 0 Å². The van der Waals surface area contributed by atoms with Crippen LogP contribution in [0.4, 0.5) is 5.69 Å². The molecule has 1 amide bonds. The lowest BCUT2D eigenvalue weighted by molar-refractivity contribution is -0.116. The molecule has 0 aliphatic carbocycles. The number of hydrogen-bond donors (Lipinski definition) is 2. The lowest BCUT2D eigenvalue weighted by atomic mass is 10.2. The van der Waals surface area contributed by atoms with E-state index < -0.39 is 5.97 Å². The molecule has 6 nitrogen and oxygen atoms in total. The van der Waals surface area contributed by atoms with Gasteiger partial charge in [0.1, 0.15) is 6.54 Å². The Kier molecular flexibility index (Phi) is 4.54. The molecule has 1 aromatic heterocycles. The van der Waals surface area contributed by atoms with E-state index in [9.17, 15) is 14.4 Å². The van der Waals surface area contributed by atoms with Crippen molar-refractivity contribution in [2.75, 3.05) is 5.32 Å². The zero-order valence-corrected chi connectivity index (χ0v) is 12.3. The van der Waals surface area contributed by atoms with E-state index in [1.807, 2.05) is 0 Å². The van der Waals surface area contributed by atoms with E-state index >= 15 is 0 Å². The Hall–Kier alpha value is -2.41. The number of rotatable bonds is 4. The van der Waals surface area contributed by atoms with Crippen LogP contribution in [-0.4, -0.2) is 21.6 Å². The summed E-state index contributed by atoms with van der Waals surface area (Å²) in [5, 5.41) is 11.4. The van der Waals surface area contributed by atoms with E-state index in [0.717, 1.165) is 0 Å². The average Bonchev–Trinajstić information content (AvgIpc) is 2.43. The Labute approximate surface area is 128 Å². The van der Waals surface area contributed by atoms with E-state index in [1.165, 1.54) is 41.1 Å². The molecular formula is C14H11BrN2O4. The number of nitrogens with zero attached hydrogens (tertiary/aromatic N) is 1. The second-order valence-electron chi connectivity index (χ2n) is 4.24. The minimum atomic E-state index is -1.03. The smallest absolute Gasteiger partial charge is 0.335 e. The minimum Gasteiger partial charge on any atom is -0.478 e. The first-order valence-electron chi connectivity index (χ1n) is 5.95. The number of aromatic nitrogens is 1. The maximum Gasteiger partial charge on any atom is 0.335 e. The van der Waals surface area contributed by atoms with Crippen LogP contribution in [0.5, 0.6) is 0 Å². The number of nitrogens with one attached hydrogen (secondary N) is 1. The summed E-state index contributed by atoms with van der Waals surface area (Å²) >= 11 is 3.23. The summed E-state index contributed by atoms with van der Waals surface area (Å²) in [6.07, 6.45) is 1.52. The number of hydrogen-bond acceptors (Lipinski definition) is 3. The van der Waals surface area contributed by atoms with Crippen molar-refractivity contribution in [1.29, 1.82) is 0 Å². The summed E-state index contributed by atoms with van der Waals surface area (Å²) in [6.45, 7) is -0.126. The maximum absolute atomic E-state index is 11.9. The molecule has 0 saturated carbocycles. The predicted molar refractivity (Wildman–Crippen MR) is 80.4 cm³/mol. The van der Waals surface area contributed by atoms with E-state index in [0.29, 0.717) is 10.2 Å². The third-order valence-electron chi connectivity index (χ3n) is 2.68. The largest absolute Gasteiger partial charge is 0.478 e. The Morgan fingerprint density at radius 2 is 1.81 bits per heavy atom. The highest BCUT2D eigenvalue weighted by Crippen LogP contribution is 2.10. The zero-order chi connectivity index (χ0) is 15.4. The molecule has 0 spiro atoms. The number of benzene rings is 1. The summed E-state index contributed by atoms with van der Waals surface area (Å²) in [5.41, 5.74) is 0.318. The maximum atomic E-state index is 11.9. The highest BCUT2D eigenvalue weighted by molar-refractivity contribution is 9.10. The molecule has 0 atom stereocenters. The third-order valence-corrected chi connectivity index (χ3v) is 3.15. The van der Waals surface area contributed by atoms with Crippen LogP contribution in [0.15, 0.2) is 51.9 Å². The molecule has 108 valence electrons. The van der Waals surface area contributed by atoms with E-state index in [4.69, 9.17) is 5.11 Å². The summed E-state index contributed by atoms with van der Waals surface area (Å²) in [7, 11) is 0. The fraction of sp³-hybridized carbons (Fsp3) is 0.0714. The van der Waals surface area contributed by atoms with Gasteiger partial charge in [-0.25, -0.2) is 4.79 Å². The van der Waals surface area contributed by atoms with Gasteiger partial charge in [0.15, 0.2) is 0 Å². The number of carbonyl (C=O) groups is 2. The number of aromatic carboxylic acids is 1. The molecule has 1 aromatic carbocycles. The molecule has 0 aliphatic heterocycles. The number of carbonyl (C=O) groups excluding carboxylic acids is 1. The molecule has 1 heterocycles. The molecule has 2 rings (SSSR count). The molecule has 21 heavy (non-hydrogen) atoms. The molecule has 0 unspecified atom stereocenters. The lowest BCUT2D eigenvalue weighted by Crippen LogP contribution is -2.26. The number of carboxylic acids is 1. The van der Waals surface area contributed by atoms with Gasteiger partial charge in [0.2, 0.25) is 5.91 Å². The van der Waals surface area contributed by atoms with Gasteiger partial charge in [-0.05, 0) is 46.3 Å². The summed E-state index contributed by atoms with van der Waals surface area (Å²) in [6, 6.07) is 8.73. The van der Waals surface area contributed by atoms with Crippen molar-refractivity contribution >= 4 is 33.5 Å². The van der Waals surface area contributed by atoms with Crippen molar-refractivity contribution in [3.63, 3.8) is 0 Å². The van der Waals surface area contributed by atoms with Crippen LogP contribution < -0.4 is 10.9 Å². The van der Waals surface area contributed by atoms with Gasteiger partial charge in [-0.2, -0.15) is 0 Å². The number of anilines is 1. The minimum absolute atomic E-state index is 0.126. The molecular weight excluding hydrogens is 340 g/mol. The lowest BCUT2D eigenvalue weighted by Gasteiger charge is -2.08. The van der Waals surface area contributed by atoms with Gasteiger partial charge in [0, 0.05) is 22.4 Å². The van der Waals surface area contributed by atoms with Crippen molar-refractivity contribution in [1.82, 2.24) is 4.57 Å². The van der Waals surface area contributed by atoms with Crippen molar-refractivity contribution in [3.05, 3.63) is 63.0 Å². The molecule has 0 saturated heterocycles. The van der Waals surface area contributed by atoms with Gasteiger partial charge in [0.05, 0.1) is 5.56 Å². The predicted octanol–water partition coefficient (Wildman–Crippen LogP) is 1.95. The standard InChI is InChI=1S/C14H11BrN2O4/c15-10-3-6-13(19)17(7-10)8-12(18)16-11-4-1-9(2-5-11)14(20)21/h1-7H,8H2,(H,16,18)(H,20,21). The first kappa shape index (κ1) is 15.0. The topological polar surface area (TPSA) is 88.4 Å². The highest BCUT2D eigenvalue weighted by atomic mass is 79.9. The second kappa shape index (κ2) is 6.36. The Morgan fingerprint density at radius 1 is 1.14 bits per heavy atom. The fourth-order valence-corrected chi connectivity index (χ4v) is 2.06. The molecule has 0 fully saturated rings. The molecule has 7 heteroatoms. The second-order valence-corrected chi connectivity index (χ2v) is 5.16. The normalized spacial score (nSPS) is 10.1. The van der Waals surface area contributed by atoms with Gasteiger partial charge in [-0.3, -0.25) is 9.59 Å². The van der Waals surface area contributed by atoms with Crippen molar-refractivity contribution < 1.29 is 14.7 Å². The summed E-state index contributed by atoms with van der Waals surface area (Å²) in [5.74, 6) is -1.41. The summed E-state index contributed by atoms with van der Waals surface area (Å²) in [4.78, 5) is 34.2. The van der Waals surface area contributed by atoms with Gasteiger partial charge < -0.3 is 15.0 Å². The molecule has 2 aromatic rings. The van der Waals surface area contributed by atoms with Crippen LogP contribution in [0.2, 0.25) is 0 Å².